The maximum atomic E-state index is 11.0. The number of benzene rings is 2. The average molecular weight is 282 g/mol. The summed E-state index contributed by atoms with van der Waals surface area (Å²) >= 11 is 0. The van der Waals surface area contributed by atoms with Crippen LogP contribution >= 0.6 is 0 Å². The highest BCUT2D eigenvalue weighted by Crippen LogP contribution is 2.33. The third-order valence-electron chi connectivity index (χ3n) is 4.45. The van der Waals surface area contributed by atoms with Crippen molar-refractivity contribution in [2.24, 2.45) is 0 Å². The SMILES string of the molecule is COc1ccc2c(c1)CC(O)(Cc1ccc(C)cc1)CC2. The molecule has 21 heavy (non-hydrogen) atoms. The fourth-order valence-electron chi connectivity index (χ4n) is 3.18. The highest BCUT2D eigenvalue weighted by molar-refractivity contribution is 5.39. The summed E-state index contributed by atoms with van der Waals surface area (Å²) in [7, 11) is 1.68. The van der Waals surface area contributed by atoms with E-state index in [9.17, 15) is 5.11 Å². The third kappa shape index (κ3) is 3.11. The predicted octanol–water partition coefficient (Wildman–Crippen LogP) is 3.47. The lowest BCUT2D eigenvalue weighted by Crippen LogP contribution is -2.38. The van der Waals surface area contributed by atoms with Crippen molar-refractivity contribution >= 4 is 0 Å². The van der Waals surface area contributed by atoms with Crippen LogP contribution in [0.3, 0.4) is 0 Å². The summed E-state index contributed by atoms with van der Waals surface area (Å²) in [5.41, 5.74) is 4.37. The molecule has 2 aromatic carbocycles. The zero-order chi connectivity index (χ0) is 14.9. The van der Waals surface area contributed by atoms with Gasteiger partial charge in [-0.1, -0.05) is 35.9 Å². The molecule has 0 fully saturated rings. The van der Waals surface area contributed by atoms with Crippen LogP contribution in [-0.4, -0.2) is 17.8 Å². The van der Waals surface area contributed by atoms with E-state index in [4.69, 9.17) is 4.74 Å². The Morgan fingerprint density at radius 2 is 1.86 bits per heavy atom. The van der Waals surface area contributed by atoms with Gasteiger partial charge in [-0.05, 0) is 48.6 Å². The molecule has 1 aliphatic carbocycles. The fourth-order valence-corrected chi connectivity index (χ4v) is 3.18. The van der Waals surface area contributed by atoms with Crippen molar-refractivity contribution in [3.63, 3.8) is 0 Å². The van der Waals surface area contributed by atoms with E-state index in [1.807, 2.05) is 6.07 Å². The first-order chi connectivity index (χ1) is 10.1. The molecule has 0 aromatic heterocycles. The second kappa shape index (κ2) is 5.53. The first kappa shape index (κ1) is 14.2. The Morgan fingerprint density at radius 1 is 1.10 bits per heavy atom. The minimum atomic E-state index is -0.644. The van der Waals surface area contributed by atoms with Crippen molar-refractivity contribution in [3.05, 3.63) is 64.7 Å². The molecule has 1 atom stereocenters. The van der Waals surface area contributed by atoms with E-state index < -0.39 is 5.60 Å². The first-order valence-corrected chi connectivity index (χ1v) is 7.52. The number of aliphatic hydroxyl groups is 1. The molecule has 1 unspecified atom stereocenters. The summed E-state index contributed by atoms with van der Waals surface area (Å²) < 4.78 is 5.30. The van der Waals surface area contributed by atoms with Crippen LogP contribution in [0.2, 0.25) is 0 Å². The van der Waals surface area contributed by atoms with Crippen molar-refractivity contribution in [3.8, 4) is 5.75 Å². The maximum Gasteiger partial charge on any atom is 0.119 e. The van der Waals surface area contributed by atoms with Gasteiger partial charge in [-0.2, -0.15) is 0 Å². The Morgan fingerprint density at radius 3 is 2.57 bits per heavy atom. The van der Waals surface area contributed by atoms with Crippen molar-refractivity contribution in [1.29, 1.82) is 0 Å². The van der Waals surface area contributed by atoms with Gasteiger partial charge in [0, 0.05) is 12.8 Å². The van der Waals surface area contributed by atoms with Gasteiger partial charge in [0.2, 0.25) is 0 Å². The molecule has 1 N–H and O–H groups in total. The van der Waals surface area contributed by atoms with Crippen LogP contribution in [0.1, 0.15) is 28.7 Å². The van der Waals surface area contributed by atoms with Crippen LogP contribution in [-0.2, 0) is 19.3 Å². The zero-order valence-corrected chi connectivity index (χ0v) is 12.7. The van der Waals surface area contributed by atoms with Crippen LogP contribution in [0.15, 0.2) is 42.5 Å². The van der Waals surface area contributed by atoms with Crippen LogP contribution in [0.5, 0.6) is 5.75 Å². The van der Waals surface area contributed by atoms with Crippen LogP contribution in [0.25, 0.3) is 0 Å². The lowest BCUT2D eigenvalue weighted by molar-refractivity contribution is 0.0267. The molecule has 0 bridgehead atoms. The molecular weight excluding hydrogens is 260 g/mol. The summed E-state index contributed by atoms with van der Waals surface area (Å²) in [6.45, 7) is 2.08. The molecule has 110 valence electrons. The minimum Gasteiger partial charge on any atom is -0.497 e. The van der Waals surface area contributed by atoms with Gasteiger partial charge in [-0.25, -0.2) is 0 Å². The lowest BCUT2D eigenvalue weighted by atomic mass is 9.77. The van der Waals surface area contributed by atoms with Crippen molar-refractivity contribution in [2.75, 3.05) is 7.11 Å². The fraction of sp³-hybridized carbons (Fsp3) is 0.368. The maximum absolute atomic E-state index is 11.0. The van der Waals surface area contributed by atoms with Gasteiger partial charge in [-0.15, -0.1) is 0 Å². The summed E-state index contributed by atoms with van der Waals surface area (Å²) in [5, 5.41) is 11.0. The molecule has 1 aliphatic rings. The molecule has 0 amide bonds. The quantitative estimate of drug-likeness (QED) is 0.934. The molecule has 0 saturated carbocycles. The summed E-state index contributed by atoms with van der Waals surface area (Å²) in [4.78, 5) is 0. The third-order valence-corrected chi connectivity index (χ3v) is 4.45. The molecule has 0 aliphatic heterocycles. The minimum absolute atomic E-state index is 0.644. The highest BCUT2D eigenvalue weighted by Gasteiger charge is 2.32. The van der Waals surface area contributed by atoms with E-state index >= 15 is 0 Å². The van der Waals surface area contributed by atoms with Gasteiger partial charge in [0.1, 0.15) is 5.75 Å². The smallest absolute Gasteiger partial charge is 0.119 e. The zero-order valence-electron chi connectivity index (χ0n) is 12.7. The lowest BCUT2D eigenvalue weighted by Gasteiger charge is -2.34. The second-order valence-electron chi connectivity index (χ2n) is 6.20. The van der Waals surface area contributed by atoms with Crippen LogP contribution in [0.4, 0.5) is 0 Å². The van der Waals surface area contributed by atoms with Gasteiger partial charge in [0.25, 0.3) is 0 Å². The summed E-state index contributed by atoms with van der Waals surface area (Å²) in [5.74, 6) is 0.869. The van der Waals surface area contributed by atoms with Crippen molar-refractivity contribution in [1.82, 2.24) is 0 Å². The number of aryl methyl sites for hydroxylation is 2. The number of fused-ring (bicyclic) bond motifs is 1. The van der Waals surface area contributed by atoms with Gasteiger partial charge < -0.3 is 9.84 Å². The Hall–Kier alpha value is -1.80. The molecule has 3 rings (SSSR count). The number of rotatable bonds is 3. The molecule has 0 heterocycles. The molecule has 0 saturated heterocycles. The Kier molecular flexibility index (Phi) is 3.73. The van der Waals surface area contributed by atoms with Gasteiger partial charge >= 0.3 is 0 Å². The van der Waals surface area contributed by atoms with Gasteiger partial charge in [0.05, 0.1) is 12.7 Å². The topological polar surface area (TPSA) is 29.5 Å². The molecule has 0 radical (unpaired) electrons. The molecule has 0 spiro atoms. The Bertz CT molecular complexity index is 631. The van der Waals surface area contributed by atoms with Gasteiger partial charge in [0.15, 0.2) is 0 Å². The number of hydrogen-bond donors (Lipinski definition) is 1. The first-order valence-electron chi connectivity index (χ1n) is 7.52. The standard InChI is InChI=1S/C19H22O2/c1-14-3-5-15(6-4-14)12-19(20)10-9-16-7-8-18(21-2)11-17(16)13-19/h3-8,11,20H,9-10,12-13H2,1-2H3. The van der Waals surface area contributed by atoms with E-state index in [0.29, 0.717) is 12.8 Å². The molecule has 2 aromatic rings. The van der Waals surface area contributed by atoms with E-state index in [2.05, 4.69) is 43.3 Å². The summed E-state index contributed by atoms with van der Waals surface area (Å²) in [6, 6.07) is 14.6. The average Bonchev–Trinajstić information content (AvgIpc) is 2.48. The van der Waals surface area contributed by atoms with E-state index in [-0.39, 0.29) is 0 Å². The number of ether oxygens (including phenoxy) is 1. The molecular formula is C19H22O2. The van der Waals surface area contributed by atoms with E-state index in [0.717, 1.165) is 18.6 Å². The van der Waals surface area contributed by atoms with E-state index in [1.165, 1.54) is 22.3 Å². The Labute approximate surface area is 126 Å². The highest BCUT2D eigenvalue weighted by atomic mass is 16.5. The largest absolute Gasteiger partial charge is 0.497 e. The van der Waals surface area contributed by atoms with Crippen molar-refractivity contribution in [2.45, 2.75) is 38.2 Å². The van der Waals surface area contributed by atoms with Crippen LogP contribution < -0.4 is 4.74 Å². The second-order valence-corrected chi connectivity index (χ2v) is 6.20. The summed E-state index contributed by atoms with van der Waals surface area (Å²) in [6.07, 6.45) is 3.17. The van der Waals surface area contributed by atoms with Gasteiger partial charge in [-0.3, -0.25) is 0 Å². The van der Waals surface area contributed by atoms with E-state index in [1.54, 1.807) is 7.11 Å². The normalized spacial score (nSPS) is 20.9. The molecule has 2 heteroatoms. The monoisotopic (exact) mass is 282 g/mol. The number of hydrogen-bond acceptors (Lipinski definition) is 2. The Balaban J connectivity index is 1.81. The predicted molar refractivity (Wildman–Crippen MR) is 84.9 cm³/mol. The van der Waals surface area contributed by atoms with Crippen molar-refractivity contribution < 1.29 is 9.84 Å². The number of methoxy groups -OCH3 is 1. The van der Waals surface area contributed by atoms with Crippen LogP contribution in [0, 0.1) is 6.92 Å². The molecule has 2 nitrogen and oxygen atoms in total.